The predicted octanol–water partition coefficient (Wildman–Crippen LogP) is 1.82. The molecule has 1 aromatic heterocycles. The first-order chi connectivity index (χ1) is 5.74. The van der Waals surface area contributed by atoms with E-state index in [0.717, 1.165) is 0 Å². The summed E-state index contributed by atoms with van der Waals surface area (Å²) in [4.78, 5) is 5.22. The van der Waals surface area contributed by atoms with Crippen LogP contribution in [-0.4, -0.2) is 11.0 Å². The van der Waals surface area contributed by atoms with Crippen LogP contribution in [0.2, 0.25) is 0 Å². The summed E-state index contributed by atoms with van der Waals surface area (Å²) in [6, 6.07) is 0.408. The molecule has 2 nitrogen and oxygen atoms in total. The van der Waals surface area contributed by atoms with E-state index in [4.69, 9.17) is 6.42 Å². The van der Waals surface area contributed by atoms with Gasteiger partial charge in [-0.05, 0) is 13.8 Å². The van der Waals surface area contributed by atoms with Crippen LogP contribution in [0.15, 0.2) is 11.7 Å². The van der Waals surface area contributed by atoms with Crippen molar-refractivity contribution in [3.05, 3.63) is 16.6 Å². The lowest BCUT2D eigenvalue weighted by Crippen LogP contribution is -2.26. The largest absolute Gasteiger partial charge is 0.296 e. The van der Waals surface area contributed by atoms with Gasteiger partial charge in [-0.3, -0.25) is 10.3 Å². The fraction of sp³-hybridized carbons (Fsp3) is 0.444. The SMILES string of the molecule is C#CC(C)NC(C)c1cncs1. The van der Waals surface area contributed by atoms with Gasteiger partial charge in [-0.15, -0.1) is 17.8 Å². The van der Waals surface area contributed by atoms with Gasteiger partial charge in [0.05, 0.1) is 11.6 Å². The van der Waals surface area contributed by atoms with Gasteiger partial charge in [0.25, 0.3) is 0 Å². The highest BCUT2D eigenvalue weighted by molar-refractivity contribution is 7.09. The van der Waals surface area contributed by atoms with Gasteiger partial charge in [-0.25, -0.2) is 0 Å². The average Bonchev–Trinajstić information content (AvgIpc) is 2.56. The summed E-state index contributed by atoms with van der Waals surface area (Å²) in [6.07, 6.45) is 7.12. The number of thiazole rings is 1. The lowest BCUT2D eigenvalue weighted by atomic mass is 10.2. The van der Waals surface area contributed by atoms with Gasteiger partial charge in [0.15, 0.2) is 0 Å². The van der Waals surface area contributed by atoms with Crippen molar-refractivity contribution in [3.63, 3.8) is 0 Å². The molecule has 0 aliphatic heterocycles. The van der Waals surface area contributed by atoms with Crippen molar-refractivity contribution in [1.82, 2.24) is 10.3 Å². The van der Waals surface area contributed by atoms with E-state index in [-0.39, 0.29) is 6.04 Å². The second-order valence-corrected chi connectivity index (χ2v) is 3.60. The number of hydrogen-bond acceptors (Lipinski definition) is 3. The molecule has 0 aromatic carbocycles. The molecule has 0 radical (unpaired) electrons. The van der Waals surface area contributed by atoms with Crippen LogP contribution in [0.5, 0.6) is 0 Å². The number of terminal acetylenes is 1. The van der Waals surface area contributed by atoms with Crippen LogP contribution in [0.25, 0.3) is 0 Å². The van der Waals surface area contributed by atoms with Crippen molar-refractivity contribution in [2.24, 2.45) is 0 Å². The maximum absolute atomic E-state index is 5.25. The lowest BCUT2D eigenvalue weighted by molar-refractivity contribution is 0.552. The van der Waals surface area contributed by atoms with Gasteiger partial charge >= 0.3 is 0 Å². The smallest absolute Gasteiger partial charge is 0.0794 e. The van der Waals surface area contributed by atoms with Crippen LogP contribution >= 0.6 is 11.3 Å². The first kappa shape index (κ1) is 9.24. The maximum Gasteiger partial charge on any atom is 0.0794 e. The number of nitrogens with one attached hydrogen (secondary N) is 1. The molecule has 12 heavy (non-hydrogen) atoms. The molecule has 0 spiro atoms. The molecular formula is C9H12N2S. The number of rotatable bonds is 3. The van der Waals surface area contributed by atoms with Crippen molar-refractivity contribution < 1.29 is 0 Å². The van der Waals surface area contributed by atoms with Gasteiger partial charge in [0, 0.05) is 17.1 Å². The zero-order valence-corrected chi connectivity index (χ0v) is 8.06. The Balaban J connectivity index is 2.51. The van der Waals surface area contributed by atoms with Gasteiger partial charge < -0.3 is 0 Å². The summed E-state index contributed by atoms with van der Waals surface area (Å²) < 4.78 is 0. The minimum absolute atomic E-state index is 0.113. The van der Waals surface area contributed by atoms with E-state index >= 15 is 0 Å². The zero-order valence-electron chi connectivity index (χ0n) is 7.24. The molecule has 0 amide bonds. The van der Waals surface area contributed by atoms with E-state index in [0.29, 0.717) is 6.04 Å². The third kappa shape index (κ3) is 2.33. The van der Waals surface area contributed by atoms with Crippen molar-refractivity contribution in [2.45, 2.75) is 25.9 Å². The molecule has 0 aliphatic carbocycles. The van der Waals surface area contributed by atoms with Crippen molar-refractivity contribution in [2.75, 3.05) is 0 Å². The first-order valence-corrected chi connectivity index (χ1v) is 4.72. The predicted molar refractivity (Wildman–Crippen MR) is 52.0 cm³/mol. The molecule has 1 heterocycles. The summed E-state index contributed by atoms with van der Waals surface area (Å²) in [5.74, 6) is 2.63. The second kappa shape index (κ2) is 4.24. The molecule has 1 N–H and O–H groups in total. The summed E-state index contributed by atoms with van der Waals surface area (Å²) in [5.41, 5.74) is 1.83. The van der Waals surface area contributed by atoms with Crippen LogP contribution in [-0.2, 0) is 0 Å². The molecule has 2 atom stereocenters. The van der Waals surface area contributed by atoms with E-state index in [2.05, 4.69) is 23.1 Å². The number of hydrogen-bond donors (Lipinski definition) is 1. The highest BCUT2D eigenvalue weighted by Gasteiger charge is 2.07. The summed E-state index contributed by atoms with van der Waals surface area (Å²) in [6.45, 7) is 4.05. The van der Waals surface area contributed by atoms with Crippen molar-refractivity contribution in [1.29, 1.82) is 0 Å². The van der Waals surface area contributed by atoms with E-state index in [9.17, 15) is 0 Å². The lowest BCUT2D eigenvalue weighted by Gasteiger charge is -2.13. The number of aromatic nitrogens is 1. The molecule has 0 saturated carbocycles. The molecule has 2 unspecified atom stereocenters. The Hall–Kier alpha value is -0.850. The standard InChI is InChI=1S/C9H12N2S/c1-4-7(2)11-8(3)9-5-10-6-12-9/h1,5-8,11H,2-3H3. The highest BCUT2D eigenvalue weighted by atomic mass is 32.1. The van der Waals surface area contributed by atoms with Gasteiger partial charge in [-0.2, -0.15) is 0 Å². The van der Waals surface area contributed by atoms with Crippen molar-refractivity contribution >= 4 is 11.3 Å². The van der Waals surface area contributed by atoms with Crippen LogP contribution in [0.4, 0.5) is 0 Å². The number of nitrogens with zero attached hydrogens (tertiary/aromatic N) is 1. The minimum Gasteiger partial charge on any atom is -0.296 e. The molecular weight excluding hydrogens is 168 g/mol. The van der Waals surface area contributed by atoms with Crippen LogP contribution in [0.1, 0.15) is 24.8 Å². The van der Waals surface area contributed by atoms with E-state index in [1.165, 1.54) is 4.88 Å². The zero-order chi connectivity index (χ0) is 8.97. The molecule has 1 aromatic rings. The van der Waals surface area contributed by atoms with E-state index in [1.54, 1.807) is 11.3 Å². The summed E-state index contributed by atoms with van der Waals surface area (Å²) in [5, 5.41) is 3.27. The van der Waals surface area contributed by atoms with Gasteiger partial charge in [-0.1, -0.05) is 5.92 Å². The fourth-order valence-corrected chi connectivity index (χ4v) is 1.58. The van der Waals surface area contributed by atoms with Gasteiger partial charge in [0.2, 0.25) is 0 Å². The Morgan fingerprint density at radius 1 is 1.67 bits per heavy atom. The van der Waals surface area contributed by atoms with Crippen LogP contribution in [0, 0.1) is 12.3 Å². The second-order valence-electron chi connectivity index (χ2n) is 2.68. The van der Waals surface area contributed by atoms with Crippen LogP contribution < -0.4 is 5.32 Å². The third-order valence-electron chi connectivity index (χ3n) is 1.63. The first-order valence-electron chi connectivity index (χ1n) is 3.84. The molecule has 1 rings (SSSR count). The molecule has 0 saturated heterocycles. The summed E-state index contributed by atoms with van der Waals surface area (Å²) in [7, 11) is 0. The van der Waals surface area contributed by atoms with E-state index in [1.807, 2.05) is 18.6 Å². The monoisotopic (exact) mass is 180 g/mol. The van der Waals surface area contributed by atoms with Gasteiger partial charge in [0.1, 0.15) is 0 Å². The molecule has 64 valence electrons. The Morgan fingerprint density at radius 3 is 2.92 bits per heavy atom. The Morgan fingerprint density at radius 2 is 2.42 bits per heavy atom. The van der Waals surface area contributed by atoms with E-state index < -0.39 is 0 Å². The maximum atomic E-state index is 5.25. The summed E-state index contributed by atoms with van der Waals surface area (Å²) >= 11 is 1.64. The quantitative estimate of drug-likeness (QED) is 0.718. The normalized spacial score (nSPS) is 15.1. The minimum atomic E-state index is 0.113. The Bertz CT molecular complexity index is 261. The molecule has 0 bridgehead atoms. The van der Waals surface area contributed by atoms with Crippen molar-refractivity contribution in [3.8, 4) is 12.3 Å². The highest BCUT2D eigenvalue weighted by Crippen LogP contribution is 2.16. The molecule has 0 fully saturated rings. The fourth-order valence-electron chi connectivity index (χ4n) is 0.945. The van der Waals surface area contributed by atoms with Crippen LogP contribution in [0.3, 0.4) is 0 Å². The topological polar surface area (TPSA) is 24.9 Å². The Labute approximate surface area is 77.0 Å². The molecule has 3 heteroatoms. The molecule has 0 aliphatic rings. The Kier molecular flexibility index (Phi) is 3.27. The average molecular weight is 180 g/mol. The third-order valence-corrected chi connectivity index (χ3v) is 2.59.